The van der Waals surface area contributed by atoms with Crippen molar-refractivity contribution >= 4 is 17.9 Å². The van der Waals surface area contributed by atoms with Gasteiger partial charge in [-0.25, -0.2) is 4.98 Å². The van der Waals surface area contributed by atoms with E-state index in [1.807, 2.05) is 0 Å². The van der Waals surface area contributed by atoms with E-state index < -0.39 is 0 Å². The SMILES string of the molecule is O=Cc1ccc(OCC2CC2)c(Cl)n1. The van der Waals surface area contributed by atoms with Gasteiger partial charge in [-0.2, -0.15) is 0 Å². The van der Waals surface area contributed by atoms with E-state index in [4.69, 9.17) is 16.3 Å². The molecule has 0 aliphatic heterocycles. The molecule has 4 heteroatoms. The lowest BCUT2D eigenvalue weighted by atomic mass is 10.3. The van der Waals surface area contributed by atoms with Crippen LogP contribution in [-0.4, -0.2) is 17.9 Å². The minimum atomic E-state index is 0.259. The highest BCUT2D eigenvalue weighted by Crippen LogP contribution is 2.31. The Morgan fingerprint density at radius 3 is 2.93 bits per heavy atom. The molecule has 0 unspecified atom stereocenters. The predicted octanol–water partition coefficient (Wildman–Crippen LogP) is 2.34. The van der Waals surface area contributed by atoms with Crippen molar-refractivity contribution < 1.29 is 9.53 Å². The first-order chi connectivity index (χ1) is 6.79. The van der Waals surface area contributed by atoms with Gasteiger partial charge in [0.05, 0.1) is 6.61 Å². The Kier molecular flexibility index (Phi) is 2.68. The van der Waals surface area contributed by atoms with Crippen LogP contribution in [-0.2, 0) is 0 Å². The molecule has 1 aromatic rings. The summed E-state index contributed by atoms with van der Waals surface area (Å²) in [6.07, 6.45) is 3.13. The van der Waals surface area contributed by atoms with Crippen LogP contribution in [0.2, 0.25) is 5.15 Å². The summed E-state index contributed by atoms with van der Waals surface area (Å²) >= 11 is 5.82. The van der Waals surface area contributed by atoms with Gasteiger partial charge in [-0.3, -0.25) is 4.79 Å². The van der Waals surface area contributed by atoms with Crippen molar-refractivity contribution in [3.05, 3.63) is 23.0 Å². The molecule has 0 N–H and O–H groups in total. The van der Waals surface area contributed by atoms with Crippen molar-refractivity contribution in [2.45, 2.75) is 12.8 Å². The van der Waals surface area contributed by atoms with E-state index in [2.05, 4.69) is 4.98 Å². The third-order valence-electron chi connectivity index (χ3n) is 2.13. The average Bonchev–Trinajstić information content (AvgIpc) is 2.99. The van der Waals surface area contributed by atoms with E-state index >= 15 is 0 Å². The number of ether oxygens (including phenoxy) is 1. The second-order valence-electron chi connectivity index (χ2n) is 3.40. The minimum Gasteiger partial charge on any atom is -0.490 e. The van der Waals surface area contributed by atoms with Gasteiger partial charge in [0.1, 0.15) is 5.69 Å². The Labute approximate surface area is 87.0 Å². The lowest BCUT2D eigenvalue weighted by Gasteiger charge is -2.06. The largest absolute Gasteiger partial charge is 0.490 e. The highest BCUT2D eigenvalue weighted by molar-refractivity contribution is 6.30. The Hall–Kier alpha value is -1.09. The number of hydrogen-bond acceptors (Lipinski definition) is 3. The van der Waals surface area contributed by atoms with Gasteiger partial charge in [-0.05, 0) is 30.9 Å². The van der Waals surface area contributed by atoms with Crippen LogP contribution in [0, 0.1) is 5.92 Å². The smallest absolute Gasteiger partial charge is 0.171 e. The van der Waals surface area contributed by atoms with Crippen molar-refractivity contribution in [1.82, 2.24) is 4.98 Å². The van der Waals surface area contributed by atoms with Gasteiger partial charge in [-0.1, -0.05) is 11.6 Å². The molecule has 0 radical (unpaired) electrons. The van der Waals surface area contributed by atoms with Crippen LogP contribution in [0.5, 0.6) is 5.75 Å². The van der Waals surface area contributed by atoms with E-state index in [0.29, 0.717) is 30.3 Å². The maximum Gasteiger partial charge on any atom is 0.171 e. The first-order valence-electron chi connectivity index (χ1n) is 4.54. The maximum absolute atomic E-state index is 10.4. The summed E-state index contributed by atoms with van der Waals surface area (Å²) < 4.78 is 5.45. The van der Waals surface area contributed by atoms with Gasteiger partial charge >= 0.3 is 0 Å². The zero-order chi connectivity index (χ0) is 9.97. The standard InChI is InChI=1S/C10H10ClNO2/c11-10-9(14-6-7-1-2-7)4-3-8(5-13)12-10/h3-5,7H,1-2,6H2. The lowest BCUT2D eigenvalue weighted by molar-refractivity contribution is 0.111. The molecule has 1 fully saturated rings. The molecular weight excluding hydrogens is 202 g/mol. The van der Waals surface area contributed by atoms with Crippen LogP contribution in [0.1, 0.15) is 23.3 Å². The first kappa shape index (κ1) is 9.46. The molecule has 1 aromatic heterocycles. The van der Waals surface area contributed by atoms with Crippen LogP contribution in [0.25, 0.3) is 0 Å². The minimum absolute atomic E-state index is 0.259. The molecule has 0 saturated heterocycles. The third kappa shape index (κ3) is 2.23. The average molecular weight is 212 g/mol. The number of aromatic nitrogens is 1. The fourth-order valence-corrected chi connectivity index (χ4v) is 1.32. The Balaban J connectivity index is 2.04. The number of carbonyl (C=O) groups excluding carboxylic acids is 1. The van der Waals surface area contributed by atoms with Gasteiger partial charge in [-0.15, -0.1) is 0 Å². The fraction of sp³-hybridized carbons (Fsp3) is 0.400. The summed E-state index contributed by atoms with van der Waals surface area (Å²) in [5.74, 6) is 1.24. The topological polar surface area (TPSA) is 39.2 Å². The van der Waals surface area contributed by atoms with Crippen molar-refractivity contribution in [2.24, 2.45) is 5.92 Å². The van der Waals surface area contributed by atoms with E-state index in [1.165, 1.54) is 12.8 Å². The Morgan fingerprint density at radius 1 is 1.57 bits per heavy atom. The molecule has 3 nitrogen and oxygen atoms in total. The van der Waals surface area contributed by atoms with Crippen LogP contribution < -0.4 is 4.74 Å². The van der Waals surface area contributed by atoms with Crippen molar-refractivity contribution in [2.75, 3.05) is 6.61 Å². The summed E-state index contributed by atoms with van der Waals surface area (Å²) in [4.78, 5) is 14.2. The van der Waals surface area contributed by atoms with Crippen LogP contribution in [0.15, 0.2) is 12.1 Å². The molecule has 2 rings (SSSR count). The zero-order valence-electron chi connectivity index (χ0n) is 7.57. The van der Waals surface area contributed by atoms with Crippen molar-refractivity contribution in [3.63, 3.8) is 0 Å². The molecule has 14 heavy (non-hydrogen) atoms. The molecule has 0 atom stereocenters. The summed E-state index contributed by atoms with van der Waals surface area (Å²) in [5.41, 5.74) is 0.328. The Bertz CT molecular complexity index is 350. The molecule has 1 saturated carbocycles. The number of rotatable bonds is 4. The molecule has 1 heterocycles. The zero-order valence-corrected chi connectivity index (χ0v) is 8.33. The van der Waals surface area contributed by atoms with E-state index in [0.717, 1.165) is 0 Å². The molecule has 0 spiro atoms. The second-order valence-corrected chi connectivity index (χ2v) is 3.76. The molecular formula is C10H10ClNO2. The number of carbonyl (C=O) groups is 1. The number of aldehydes is 1. The van der Waals surface area contributed by atoms with Gasteiger partial charge in [0, 0.05) is 0 Å². The molecule has 74 valence electrons. The first-order valence-corrected chi connectivity index (χ1v) is 4.92. The van der Waals surface area contributed by atoms with E-state index in [9.17, 15) is 4.79 Å². The van der Waals surface area contributed by atoms with Crippen LogP contribution in [0.3, 0.4) is 0 Å². The number of halogens is 1. The highest BCUT2D eigenvalue weighted by atomic mass is 35.5. The highest BCUT2D eigenvalue weighted by Gasteiger charge is 2.22. The summed E-state index contributed by atoms with van der Waals surface area (Å²) in [6, 6.07) is 3.28. The number of pyridine rings is 1. The summed E-state index contributed by atoms with van der Waals surface area (Å²) in [5, 5.41) is 0.259. The monoisotopic (exact) mass is 211 g/mol. The lowest BCUT2D eigenvalue weighted by Crippen LogP contribution is -2.00. The van der Waals surface area contributed by atoms with Gasteiger partial charge in [0.25, 0.3) is 0 Å². The fourth-order valence-electron chi connectivity index (χ4n) is 1.10. The molecule has 0 amide bonds. The van der Waals surface area contributed by atoms with Crippen LogP contribution in [0.4, 0.5) is 0 Å². The quantitative estimate of drug-likeness (QED) is 0.567. The van der Waals surface area contributed by atoms with Gasteiger partial charge < -0.3 is 4.74 Å². The van der Waals surface area contributed by atoms with Gasteiger partial charge in [0.15, 0.2) is 17.2 Å². The normalized spacial score (nSPS) is 15.2. The summed E-state index contributed by atoms with van der Waals surface area (Å²) in [7, 11) is 0. The van der Waals surface area contributed by atoms with Crippen molar-refractivity contribution in [1.29, 1.82) is 0 Å². The van der Waals surface area contributed by atoms with E-state index in [1.54, 1.807) is 12.1 Å². The van der Waals surface area contributed by atoms with Crippen molar-refractivity contribution in [3.8, 4) is 5.75 Å². The third-order valence-corrected chi connectivity index (χ3v) is 2.40. The second kappa shape index (κ2) is 3.96. The van der Waals surface area contributed by atoms with Gasteiger partial charge in [0.2, 0.25) is 0 Å². The van der Waals surface area contributed by atoms with Crippen LogP contribution >= 0.6 is 11.6 Å². The Morgan fingerprint density at radius 2 is 2.36 bits per heavy atom. The maximum atomic E-state index is 10.4. The molecule has 0 bridgehead atoms. The van der Waals surface area contributed by atoms with E-state index in [-0.39, 0.29) is 5.15 Å². The number of hydrogen-bond donors (Lipinski definition) is 0. The summed E-state index contributed by atoms with van der Waals surface area (Å²) in [6.45, 7) is 0.696. The molecule has 0 aromatic carbocycles. The number of nitrogens with zero attached hydrogens (tertiary/aromatic N) is 1. The predicted molar refractivity (Wildman–Crippen MR) is 52.9 cm³/mol. The molecule has 1 aliphatic rings. The molecule has 1 aliphatic carbocycles.